The molecule has 2 heterocycles. The second kappa shape index (κ2) is 8.03. The summed E-state index contributed by atoms with van der Waals surface area (Å²) in [6.07, 6.45) is 0. The molecule has 9 heteroatoms. The van der Waals surface area contributed by atoms with E-state index in [0.29, 0.717) is 5.56 Å². The zero-order valence-corrected chi connectivity index (χ0v) is 16.3. The lowest BCUT2D eigenvalue weighted by Crippen LogP contribution is -1.99. The van der Waals surface area contributed by atoms with Gasteiger partial charge < -0.3 is 20.0 Å². The summed E-state index contributed by atoms with van der Waals surface area (Å²) in [5.74, 6) is -1.43. The Labute approximate surface area is 179 Å². The van der Waals surface area contributed by atoms with Gasteiger partial charge in [-0.2, -0.15) is 4.98 Å². The normalized spacial score (nSPS) is 11.0. The highest BCUT2D eigenvalue weighted by atomic mass is 19.1. The van der Waals surface area contributed by atoms with Crippen LogP contribution in [-0.2, 0) is 0 Å². The second-order valence-corrected chi connectivity index (χ2v) is 6.72. The summed E-state index contributed by atoms with van der Waals surface area (Å²) in [5.41, 5.74) is 0.637. The van der Waals surface area contributed by atoms with Crippen molar-refractivity contribution in [3.05, 3.63) is 95.6 Å². The maximum absolute atomic E-state index is 14.2. The van der Waals surface area contributed by atoms with Crippen LogP contribution < -0.4 is 5.32 Å². The van der Waals surface area contributed by atoms with Gasteiger partial charge in [0.2, 0.25) is 5.89 Å². The number of aromatic nitrogens is 3. The third-order valence-electron chi connectivity index (χ3n) is 4.51. The van der Waals surface area contributed by atoms with E-state index in [0.717, 1.165) is 0 Å². The lowest BCUT2D eigenvalue weighted by atomic mass is 10.2. The van der Waals surface area contributed by atoms with Crippen LogP contribution in [0, 0.1) is 17.5 Å². The maximum Gasteiger partial charge on any atom is 0.228 e. The first-order valence-corrected chi connectivity index (χ1v) is 9.49. The predicted octanol–water partition coefficient (Wildman–Crippen LogP) is 6.78. The third-order valence-corrected chi connectivity index (χ3v) is 4.51. The molecular formula is C23H13F3N5O-. The van der Waals surface area contributed by atoms with Crippen LogP contribution in [0.2, 0.25) is 0 Å². The summed E-state index contributed by atoms with van der Waals surface area (Å²) in [4.78, 5) is 12.9. The highest BCUT2D eigenvalue weighted by Crippen LogP contribution is 2.38. The van der Waals surface area contributed by atoms with E-state index in [9.17, 15) is 13.2 Å². The molecule has 0 saturated carbocycles. The second-order valence-electron chi connectivity index (χ2n) is 6.72. The largest absolute Gasteiger partial charge is 0.438 e. The minimum atomic E-state index is -0.566. The molecule has 0 spiro atoms. The molecular weight excluding hydrogens is 419 g/mol. The number of hydrogen-bond donors (Lipinski definition) is 1. The number of rotatable bonds is 5. The molecule has 5 aromatic rings. The van der Waals surface area contributed by atoms with Gasteiger partial charge in [0.1, 0.15) is 23.3 Å². The van der Waals surface area contributed by atoms with Crippen molar-refractivity contribution in [1.29, 1.82) is 0 Å². The van der Waals surface area contributed by atoms with E-state index in [1.54, 1.807) is 24.3 Å². The van der Waals surface area contributed by atoms with Crippen molar-refractivity contribution in [3.8, 4) is 11.5 Å². The van der Waals surface area contributed by atoms with Crippen LogP contribution in [0.4, 0.5) is 36.2 Å². The van der Waals surface area contributed by atoms with Crippen molar-refractivity contribution in [2.24, 2.45) is 0 Å². The Kier molecular flexibility index (Phi) is 4.91. The van der Waals surface area contributed by atoms with E-state index in [-0.39, 0.29) is 40.3 Å². The minimum absolute atomic E-state index is 0.0124. The summed E-state index contributed by atoms with van der Waals surface area (Å²) in [6, 6.07) is 17.5. The number of halogens is 3. The van der Waals surface area contributed by atoms with Crippen molar-refractivity contribution in [1.82, 2.24) is 15.0 Å². The van der Waals surface area contributed by atoms with Crippen LogP contribution in [0.15, 0.2) is 77.2 Å². The molecule has 32 heavy (non-hydrogen) atoms. The number of hydrogen-bond acceptors (Lipinski definition) is 5. The number of nitrogens with one attached hydrogen (secondary N) is 1. The van der Waals surface area contributed by atoms with E-state index >= 15 is 0 Å². The van der Waals surface area contributed by atoms with Crippen LogP contribution in [-0.4, -0.2) is 15.0 Å². The molecule has 5 rings (SSSR count). The lowest BCUT2D eigenvalue weighted by molar-refractivity contribution is 0.602. The van der Waals surface area contributed by atoms with Gasteiger partial charge in [-0.15, -0.1) is 0 Å². The zero-order chi connectivity index (χ0) is 22.1. The van der Waals surface area contributed by atoms with E-state index in [2.05, 4.69) is 25.6 Å². The molecule has 0 aliphatic rings. The highest BCUT2D eigenvalue weighted by molar-refractivity contribution is 5.82. The molecule has 0 atom stereocenters. The number of oxazole rings is 1. The summed E-state index contributed by atoms with van der Waals surface area (Å²) >= 11 is 0. The van der Waals surface area contributed by atoms with Crippen molar-refractivity contribution in [3.63, 3.8) is 0 Å². The Morgan fingerprint density at radius 3 is 2.34 bits per heavy atom. The Hall–Kier alpha value is -4.40. The van der Waals surface area contributed by atoms with Gasteiger partial charge in [-0.1, -0.05) is 36.4 Å². The molecule has 158 valence electrons. The number of anilines is 2. The van der Waals surface area contributed by atoms with Crippen molar-refractivity contribution >= 4 is 34.4 Å². The number of benzene rings is 3. The molecule has 0 bridgehead atoms. The molecule has 0 aliphatic carbocycles. The van der Waals surface area contributed by atoms with Gasteiger partial charge in [0.25, 0.3) is 0 Å². The molecule has 6 nitrogen and oxygen atoms in total. The van der Waals surface area contributed by atoms with E-state index in [1.165, 1.54) is 48.5 Å². The molecule has 0 amide bonds. The SMILES string of the molecule is Fc1cccc(-c2nc3nc(Nc4ccccc4F)c([N-]c4ccccc4F)nc3o2)c1. The fourth-order valence-corrected chi connectivity index (χ4v) is 3.01. The average Bonchev–Trinajstić information content (AvgIpc) is 3.20. The van der Waals surface area contributed by atoms with Crippen molar-refractivity contribution in [2.75, 3.05) is 5.32 Å². The molecule has 1 N–H and O–H groups in total. The molecule has 0 radical (unpaired) electrons. The topological polar surface area (TPSA) is 77.9 Å². The molecule has 0 unspecified atom stereocenters. The molecule has 0 aliphatic heterocycles. The fourth-order valence-electron chi connectivity index (χ4n) is 3.01. The van der Waals surface area contributed by atoms with Gasteiger partial charge in [0, 0.05) is 5.56 Å². The smallest absolute Gasteiger partial charge is 0.228 e. The zero-order valence-electron chi connectivity index (χ0n) is 16.3. The van der Waals surface area contributed by atoms with Crippen molar-refractivity contribution < 1.29 is 17.6 Å². The van der Waals surface area contributed by atoms with Gasteiger partial charge in [0.05, 0.1) is 5.69 Å². The first kappa shape index (κ1) is 19.6. The average molecular weight is 432 g/mol. The molecule has 0 saturated heterocycles. The summed E-state index contributed by atoms with van der Waals surface area (Å²) in [6.45, 7) is 0. The Balaban J connectivity index is 1.62. The predicted molar refractivity (Wildman–Crippen MR) is 114 cm³/mol. The van der Waals surface area contributed by atoms with Crippen LogP contribution in [0.5, 0.6) is 0 Å². The van der Waals surface area contributed by atoms with Crippen LogP contribution in [0.25, 0.3) is 28.1 Å². The van der Waals surface area contributed by atoms with E-state index in [1.807, 2.05) is 0 Å². The molecule has 2 aromatic heterocycles. The van der Waals surface area contributed by atoms with Crippen LogP contribution in [0.3, 0.4) is 0 Å². The van der Waals surface area contributed by atoms with Gasteiger partial charge in [-0.05, 0) is 47.9 Å². The van der Waals surface area contributed by atoms with Gasteiger partial charge in [-0.25, -0.2) is 18.2 Å². The van der Waals surface area contributed by atoms with Crippen molar-refractivity contribution in [2.45, 2.75) is 0 Å². The summed E-state index contributed by atoms with van der Waals surface area (Å²) < 4.78 is 47.6. The van der Waals surface area contributed by atoms with E-state index < -0.39 is 17.5 Å². The first-order chi connectivity index (χ1) is 15.6. The quantitative estimate of drug-likeness (QED) is 0.331. The summed E-state index contributed by atoms with van der Waals surface area (Å²) in [7, 11) is 0. The first-order valence-electron chi connectivity index (χ1n) is 9.49. The lowest BCUT2D eigenvalue weighted by Gasteiger charge is -2.20. The van der Waals surface area contributed by atoms with E-state index in [4.69, 9.17) is 4.42 Å². The Morgan fingerprint density at radius 2 is 1.56 bits per heavy atom. The van der Waals surface area contributed by atoms with Gasteiger partial charge in [-0.3, -0.25) is 0 Å². The standard InChI is InChI=1S/C23H13F3N5O/c24-14-7-5-6-13(12-14)22-31-21-23(32-22)30-20(28-18-11-4-2-9-16(18)26)19(29-21)27-17-10-3-1-8-15(17)25/h1-12H,(H-,27,28,29,30)/q-1. The highest BCUT2D eigenvalue weighted by Gasteiger charge is 2.13. The molecule has 3 aromatic carbocycles. The molecule has 0 fully saturated rings. The van der Waals surface area contributed by atoms with Crippen LogP contribution >= 0.6 is 0 Å². The monoisotopic (exact) mass is 432 g/mol. The van der Waals surface area contributed by atoms with Crippen LogP contribution in [0.1, 0.15) is 0 Å². The number of nitrogens with zero attached hydrogens (tertiary/aromatic N) is 4. The third kappa shape index (κ3) is 3.83. The minimum Gasteiger partial charge on any atom is -0.438 e. The Bertz CT molecular complexity index is 1350. The van der Waals surface area contributed by atoms with Gasteiger partial charge in [0.15, 0.2) is 11.4 Å². The number of fused-ring (bicyclic) bond motifs is 1. The summed E-state index contributed by atoms with van der Waals surface area (Å²) in [5, 5.41) is 7.06. The Morgan fingerprint density at radius 1 is 0.781 bits per heavy atom. The maximum atomic E-state index is 14.2. The fraction of sp³-hybridized carbons (Fsp3) is 0. The number of para-hydroxylation sites is 2. The van der Waals surface area contributed by atoms with Gasteiger partial charge >= 0.3 is 0 Å².